The first kappa shape index (κ1) is 9.12. The lowest BCUT2D eigenvalue weighted by Crippen LogP contribution is -2.44. The van der Waals surface area contributed by atoms with Gasteiger partial charge in [-0.25, -0.2) is 4.98 Å². The van der Waals surface area contributed by atoms with Gasteiger partial charge in [0.1, 0.15) is 0 Å². The molecule has 1 unspecified atom stereocenters. The van der Waals surface area contributed by atoms with Crippen molar-refractivity contribution in [3.8, 4) is 0 Å². The van der Waals surface area contributed by atoms with E-state index in [4.69, 9.17) is 5.84 Å². The van der Waals surface area contributed by atoms with Crippen molar-refractivity contribution >= 4 is 11.3 Å². The van der Waals surface area contributed by atoms with Gasteiger partial charge in [-0.1, -0.05) is 6.42 Å². The summed E-state index contributed by atoms with van der Waals surface area (Å²) < 4.78 is 0. The Labute approximate surface area is 82.3 Å². The third-order valence-electron chi connectivity index (χ3n) is 2.81. The van der Waals surface area contributed by atoms with Crippen LogP contribution in [0.1, 0.15) is 24.3 Å². The zero-order chi connectivity index (χ0) is 9.10. The molecule has 1 atom stereocenters. The molecule has 2 rings (SSSR count). The summed E-state index contributed by atoms with van der Waals surface area (Å²) in [5, 5.41) is 3.21. The summed E-state index contributed by atoms with van der Waals surface area (Å²) in [6, 6.07) is 0.430. The van der Waals surface area contributed by atoms with E-state index in [0.29, 0.717) is 6.04 Å². The molecule has 0 radical (unpaired) electrons. The molecule has 0 spiro atoms. The Bertz CT molecular complexity index is 243. The molecule has 1 aromatic heterocycles. The fourth-order valence-corrected chi connectivity index (χ4v) is 2.42. The number of nitrogens with two attached hydrogens (primary N) is 1. The monoisotopic (exact) mass is 197 g/mol. The molecule has 1 heterocycles. The van der Waals surface area contributed by atoms with Crippen molar-refractivity contribution in [2.75, 3.05) is 0 Å². The van der Waals surface area contributed by atoms with Gasteiger partial charge in [-0.2, -0.15) is 0 Å². The van der Waals surface area contributed by atoms with Crippen LogP contribution in [0.25, 0.3) is 0 Å². The minimum Gasteiger partial charge on any atom is -0.271 e. The number of rotatable bonds is 4. The lowest BCUT2D eigenvalue weighted by atomic mass is 9.79. The van der Waals surface area contributed by atoms with Crippen molar-refractivity contribution < 1.29 is 0 Å². The van der Waals surface area contributed by atoms with Gasteiger partial charge in [0.25, 0.3) is 0 Å². The van der Waals surface area contributed by atoms with Crippen molar-refractivity contribution in [1.82, 2.24) is 10.4 Å². The zero-order valence-corrected chi connectivity index (χ0v) is 8.39. The second-order valence-electron chi connectivity index (χ2n) is 3.59. The minimum absolute atomic E-state index is 0.430. The Morgan fingerprint density at radius 2 is 2.54 bits per heavy atom. The van der Waals surface area contributed by atoms with Crippen molar-refractivity contribution in [3.63, 3.8) is 0 Å². The lowest BCUT2D eigenvalue weighted by molar-refractivity contribution is 0.228. The molecule has 0 amide bonds. The maximum Gasteiger partial charge on any atom is 0.0940 e. The molecule has 1 saturated carbocycles. The first-order valence-electron chi connectivity index (χ1n) is 4.74. The van der Waals surface area contributed by atoms with Crippen LogP contribution in [-0.4, -0.2) is 11.0 Å². The second-order valence-corrected chi connectivity index (χ2v) is 4.57. The standard InChI is InChI=1S/C9H15N3S/c10-12-8(7-2-1-3-7)6-9-11-4-5-13-9/h4-5,7-8,12H,1-3,6,10H2. The van der Waals surface area contributed by atoms with Gasteiger partial charge < -0.3 is 0 Å². The minimum atomic E-state index is 0.430. The summed E-state index contributed by atoms with van der Waals surface area (Å²) in [4.78, 5) is 4.27. The normalized spacial score (nSPS) is 19.8. The van der Waals surface area contributed by atoms with E-state index in [1.54, 1.807) is 11.3 Å². The highest BCUT2D eigenvalue weighted by atomic mass is 32.1. The predicted octanol–water partition coefficient (Wildman–Crippen LogP) is 1.32. The van der Waals surface area contributed by atoms with E-state index < -0.39 is 0 Å². The summed E-state index contributed by atoms with van der Waals surface area (Å²) in [6.07, 6.45) is 6.84. The molecule has 1 aliphatic rings. The van der Waals surface area contributed by atoms with Gasteiger partial charge in [-0.05, 0) is 18.8 Å². The molecule has 0 saturated heterocycles. The maximum absolute atomic E-state index is 5.53. The van der Waals surface area contributed by atoms with Gasteiger partial charge in [0.05, 0.1) is 5.01 Å². The highest BCUT2D eigenvalue weighted by molar-refractivity contribution is 7.09. The first-order valence-corrected chi connectivity index (χ1v) is 5.62. The SMILES string of the molecule is NNC(Cc1nccs1)C1CCC1. The fraction of sp³-hybridized carbons (Fsp3) is 0.667. The number of hydrogen-bond acceptors (Lipinski definition) is 4. The third kappa shape index (κ3) is 2.07. The summed E-state index contributed by atoms with van der Waals surface area (Å²) in [7, 11) is 0. The van der Waals surface area contributed by atoms with Crippen LogP contribution >= 0.6 is 11.3 Å². The number of aromatic nitrogens is 1. The van der Waals surface area contributed by atoms with E-state index in [1.807, 2.05) is 11.6 Å². The van der Waals surface area contributed by atoms with Crippen LogP contribution in [0.3, 0.4) is 0 Å². The molecular weight excluding hydrogens is 182 g/mol. The first-order chi connectivity index (χ1) is 6.40. The van der Waals surface area contributed by atoms with Crippen LogP contribution in [0.15, 0.2) is 11.6 Å². The van der Waals surface area contributed by atoms with Gasteiger partial charge in [0, 0.05) is 24.0 Å². The van der Waals surface area contributed by atoms with E-state index in [9.17, 15) is 0 Å². The van der Waals surface area contributed by atoms with Crippen LogP contribution in [0, 0.1) is 5.92 Å². The Kier molecular flexibility index (Phi) is 2.93. The van der Waals surface area contributed by atoms with Crippen LogP contribution in [0.2, 0.25) is 0 Å². The largest absolute Gasteiger partial charge is 0.271 e. The molecule has 0 aliphatic heterocycles. The number of hydrazine groups is 1. The Morgan fingerprint density at radius 3 is 3.00 bits per heavy atom. The molecule has 72 valence electrons. The van der Waals surface area contributed by atoms with Crippen molar-refractivity contribution in [2.24, 2.45) is 11.8 Å². The van der Waals surface area contributed by atoms with Crippen molar-refractivity contribution in [1.29, 1.82) is 0 Å². The lowest BCUT2D eigenvalue weighted by Gasteiger charge is -2.32. The molecule has 1 aromatic rings. The van der Waals surface area contributed by atoms with E-state index in [1.165, 1.54) is 24.3 Å². The smallest absolute Gasteiger partial charge is 0.0940 e. The highest BCUT2D eigenvalue weighted by Crippen LogP contribution is 2.30. The molecule has 0 bridgehead atoms. The van der Waals surface area contributed by atoms with Gasteiger partial charge in [0.15, 0.2) is 0 Å². The van der Waals surface area contributed by atoms with Gasteiger partial charge in [-0.3, -0.25) is 11.3 Å². The quantitative estimate of drug-likeness (QED) is 0.565. The average molecular weight is 197 g/mol. The zero-order valence-electron chi connectivity index (χ0n) is 7.57. The molecule has 1 fully saturated rings. The number of thiazole rings is 1. The van der Waals surface area contributed by atoms with E-state index >= 15 is 0 Å². The Hall–Kier alpha value is -0.450. The van der Waals surface area contributed by atoms with E-state index in [-0.39, 0.29) is 0 Å². The van der Waals surface area contributed by atoms with Gasteiger partial charge >= 0.3 is 0 Å². The summed E-state index contributed by atoms with van der Waals surface area (Å²) in [5.74, 6) is 6.30. The number of hydrogen-bond donors (Lipinski definition) is 2. The van der Waals surface area contributed by atoms with E-state index in [0.717, 1.165) is 12.3 Å². The highest BCUT2D eigenvalue weighted by Gasteiger charge is 2.26. The molecule has 3 nitrogen and oxygen atoms in total. The van der Waals surface area contributed by atoms with Crippen LogP contribution < -0.4 is 11.3 Å². The van der Waals surface area contributed by atoms with E-state index in [2.05, 4.69) is 10.4 Å². The number of nitrogens with zero attached hydrogens (tertiary/aromatic N) is 1. The van der Waals surface area contributed by atoms with Crippen LogP contribution in [0.4, 0.5) is 0 Å². The molecular formula is C9H15N3S. The second kappa shape index (κ2) is 4.17. The van der Waals surface area contributed by atoms with Gasteiger partial charge in [0.2, 0.25) is 0 Å². The van der Waals surface area contributed by atoms with Crippen LogP contribution in [0.5, 0.6) is 0 Å². The van der Waals surface area contributed by atoms with Crippen molar-refractivity contribution in [2.45, 2.75) is 31.7 Å². The summed E-state index contributed by atoms with van der Waals surface area (Å²) >= 11 is 1.71. The Balaban J connectivity index is 1.90. The third-order valence-corrected chi connectivity index (χ3v) is 3.61. The predicted molar refractivity (Wildman–Crippen MR) is 54.3 cm³/mol. The summed E-state index contributed by atoms with van der Waals surface area (Å²) in [5.41, 5.74) is 2.91. The maximum atomic E-state index is 5.53. The molecule has 1 aliphatic carbocycles. The fourth-order valence-electron chi connectivity index (χ4n) is 1.75. The average Bonchev–Trinajstić information content (AvgIpc) is 2.52. The summed E-state index contributed by atoms with van der Waals surface area (Å²) in [6.45, 7) is 0. The van der Waals surface area contributed by atoms with Crippen LogP contribution in [-0.2, 0) is 6.42 Å². The molecule has 3 N–H and O–H groups in total. The molecule has 0 aromatic carbocycles. The van der Waals surface area contributed by atoms with Gasteiger partial charge in [-0.15, -0.1) is 11.3 Å². The molecule has 4 heteroatoms. The number of nitrogens with one attached hydrogen (secondary N) is 1. The Morgan fingerprint density at radius 1 is 1.69 bits per heavy atom. The molecule has 13 heavy (non-hydrogen) atoms. The topological polar surface area (TPSA) is 50.9 Å². The van der Waals surface area contributed by atoms with Crippen molar-refractivity contribution in [3.05, 3.63) is 16.6 Å².